The highest BCUT2D eigenvalue weighted by molar-refractivity contribution is 5.87. The topological polar surface area (TPSA) is 96.5 Å². The van der Waals surface area contributed by atoms with Crippen LogP contribution >= 0.6 is 0 Å². The number of carbonyl (C=O) groups excluding carboxylic acids is 3. The van der Waals surface area contributed by atoms with Gasteiger partial charge in [-0.2, -0.15) is 0 Å². The number of hydrogen-bond acceptors (Lipinski definition) is 4. The minimum Gasteiger partial charge on any atom is -0.483 e. The molecule has 4 bridgehead atoms. The number of rotatable bonds is 7. The highest BCUT2D eigenvalue weighted by atomic mass is 16.5. The fourth-order valence-corrected chi connectivity index (χ4v) is 7.09. The van der Waals surface area contributed by atoms with E-state index in [1.165, 1.54) is 0 Å². The third kappa shape index (κ3) is 5.04. The first-order chi connectivity index (χ1) is 16.8. The van der Waals surface area contributed by atoms with Gasteiger partial charge in [0.15, 0.2) is 6.61 Å². The molecule has 35 heavy (non-hydrogen) atoms. The summed E-state index contributed by atoms with van der Waals surface area (Å²) in [5.41, 5.74) is 6.54. The lowest BCUT2D eigenvalue weighted by Crippen LogP contribution is -2.66. The van der Waals surface area contributed by atoms with Crippen molar-refractivity contribution in [1.82, 2.24) is 16.2 Å². The van der Waals surface area contributed by atoms with Gasteiger partial charge in [0.05, 0.1) is 5.41 Å². The molecule has 0 aromatic heterocycles. The largest absolute Gasteiger partial charge is 0.483 e. The van der Waals surface area contributed by atoms with E-state index in [-0.39, 0.29) is 24.0 Å². The summed E-state index contributed by atoms with van der Waals surface area (Å²) >= 11 is 0. The molecule has 0 heterocycles. The summed E-state index contributed by atoms with van der Waals surface area (Å²) in [6, 6.07) is 17.7. The van der Waals surface area contributed by atoms with Crippen molar-refractivity contribution in [2.45, 2.75) is 57.4 Å². The predicted molar refractivity (Wildman–Crippen MR) is 131 cm³/mol. The number of nitrogens with one attached hydrogen (secondary N) is 3. The molecule has 2 atom stereocenters. The molecule has 6 rings (SSSR count). The lowest BCUT2D eigenvalue weighted by Gasteiger charge is -2.61. The molecule has 4 saturated carbocycles. The Morgan fingerprint density at radius 1 is 0.914 bits per heavy atom. The van der Waals surface area contributed by atoms with Crippen molar-refractivity contribution in [2.24, 2.45) is 17.3 Å². The average Bonchev–Trinajstić information content (AvgIpc) is 2.81. The Morgan fingerprint density at radius 3 is 2.31 bits per heavy atom. The van der Waals surface area contributed by atoms with Crippen molar-refractivity contribution in [3.8, 4) is 5.75 Å². The molecule has 0 saturated heterocycles. The molecule has 3 amide bonds. The summed E-state index contributed by atoms with van der Waals surface area (Å²) < 4.78 is 5.80. The third-order valence-electron chi connectivity index (χ3n) is 7.87. The zero-order valence-electron chi connectivity index (χ0n) is 20.1. The summed E-state index contributed by atoms with van der Waals surface area (Å²) in [5.74, 6) is 0.924. The molecule has 0 unspecified atom stereocenters. The zero-order valence-corrected chi connectivity index (χ0v) is 20.1. The van der Waals surface area contributed by atoms with Gasteiger partial charge >= 0.3 is 0 Å². The summed E-state index contributed by atoms with van der Waals surface area (Å²) in [7, 11) is 0. The first-order valence-corrected chi connectivity index (χ1v) is 12.5. The van der Waals surface area contributed by atoms with E-state index in [2.05, 4.69) is 28.3 Å². The van der Waals surface area contributed by atoms with Crippen LogP contribution in [0.25, 0.3) is 0 Å². The first kappa shape index (κ1) is 23.4. The highest BCUT2D eigenvalue weighted by Gasteiger charge is 2.61. The zero-order chi connectivity index (χ0) is 24.5. The highest BCUT2D eigenvalue weighted by Crippen LogP contribution is 2.61. The van der Waals surface area contributed by atoms with Gasteiger partial charge in [0.25, 0.3) is 5.91 Å². The van der Waals surface area contributed by atoms with E-state index in [0.29, 0.717) is 30.4 Å². The molecule has 184 valence electrons. The molecule has 0 spiro atoms. The summed E-state index contributed by atoms with van der Waals surface area (Å²) in [5, 5.41) is 3.17. The standard InChI is InChI=1S/C28H33N3O4/c1-19(32)29-28-15-21-11-22(16-28)14-27(13-21,18-28)26(34)31-30-25(33)17-35-24-10-6-5-9-23(24)12-20-7-3-2-4-8-20/h2-10,21-22H,11-18H2,1H3,(H,29,32)(H,30,33)(H,31,34)/t21-,22-,27?,28?/m0/s1. The van der Waals surface area contributed by atoms with Gasteiger partial charge in [0.1, 0.15) is 5.75 Å². The van der Waals surface area contributed by atoms with Crippen LogP contribution < -0.4 is 20.9 Å². The van der Waals surface area contributed by atoms with Gasteiger partial charge < -0.3 is 10.1 Å². The minimum atomic E-state index is -0.539. The number of ether oxygens (including phenoxy) is 1. The smallest absolute Gasteiger partial charge is 0.276 e. The van der Waals surface area contributed by atoms with Crippen molar-refractivity contribution in [1.29, 1.82) is 0 Å². The first-order valence-electron chi connectivity index (χ1n) is 12.5. The van der Waals surface area contributed by atoms with Crippen LogP contribution in [0.15, 0.2) is 54.6 Å². The number of amides is 3. The Labute approximate surface area is 206 Å². The van der Waals surface area contributed by atoms with Crippen LogP contribution in [0.5, 0.6) is 5.75 Å². The van der Waals surface area contributed by atoms with E-state index in [0.717, 1.165) is 43.2 Å². The van der Waals surface area contributed by atoms with Crippen molar-refractivity contribution < 1.29 is 19.1 Å². The molecule has 2 aromatic rings. The van der Waals surface area contributed by atoms with Crippen LogP contribution in [0.2, 0.25) is 0 Å². The normalized spacial score (nSPS) is 28.3. The summed E-state index contributed by atoms with van der Waals surface area (Å²) in [6.45, 7) is 1.35. The second kappa shape index (κ2) is 9.36. The molecule has 2 aromatic carbocycles. The summed E-state index contributed by atoms with van der Waals surface area (Å²) in [4.78, 5) is 37.6. The Balaban J connectivity index is 1.17. The van der Waals surface area contributed by atoms with Crippen LogP contribution in [0.3, 0.4) is 0 Å². The predicted octanol–water partition coefficient (Wildman–Crippen LogP) is 3.28. The number of hydrazine groups is 1. The number of benzene rings is 2. The lowest BCUT2D eigenvalue weighted by molar-refractivity contribution is -0.155. The molecular formula is C28H33N3O4. The molecule has 4 aliphatic rings. The minimum absolute atomic E-state index is 0.0412. The maximum absolute atomic E-state index is 13.3. The van der Waals surface area contributed by atoms with Crippen molar-refractivity contribution in [3.63, 3.8) is 0 Å². The van der Waals surface area contributed by atoms with E-state index in [4.69, 9.17) is 4.74 Å². The van der Waals surface area contributed by atoms with Crippen LogP contribution in [-0.4, -0.2) is 29.9 Å². The van der Waals surface area contributed by atoms with Crippen LogP contribution in [0.4, 0.5) is 0 Å². The number of hydrogen-bond donors (Lipinski definition) is 3. The van der Waals surface area contributed by atoms with Gasteiger partial charge in [-0.15, -0.1) is 0 Å². The molecule has 4 fully saturated rings. The van der Waals surface area contributed by atoms with E-state index in [1.54, 1.807) is 6.92 Å². The molecule has 7 nitrogen and oxygen atoms in total. The van der Waals surface area contributed by atoms with Gasteiger partial charge in [0, 0.05) is 18.9 Å². The fourth-order valence-electron chi connectivity index (χ4n) is 7.09. The van der Waals surface area contributed by atoms with Gasteiger partial charge in [-0.25, -0.2) is 0 Å². The second-order valence-corrected chi connectivity index (χ2v) is 10.8. The molecule has 3 N–H and O–H groups in total. The Kier molecular flexibility index (Phi) is 6.26. The molecule has 0 aliphatic heterocycles. The maximum atomic E-state index is 13.3. The van der Waals surface area contributed by atoms with Gasteiger partial charge in [0.2, 0.25) is 11.8 Å². The molecular weight excluding hydrogens is 442 g/mol. The maximum Gasteiger partial charge on any atom is 0.276 e. The SMILES string of the molecule is CC(=O)NC12C[C@H]3C[C@H](C1)CC(C(=O)NNC(=O)COc1ccccc1Cc1ccccc1)(C3)C2. The van der Waals surface area contributed by atoms with Gasteiger partial charge in [-0.3, -0.25) is 25.2 Å². The Hall–Kier alpha value is -3.35. The number of carbonyl (C=O) groups is 3. The second-order valence-electron chi connectivity index (χ2n) is 10.8. The molecule has 0 radical (unpaired) electrons. The third-order valence-corrected chi connectivity index (χ3v) is 7.87. The van der Waals surface area contributed by atoms with E-state index < -0.39 is 11.3 Å². The van der Waals surface area contributed by atoms with Gasteiger partial charge in [-0.05, 0) is 67.6 Å². The van der Waals surface area contributed by atoms with Crippen LogP contribution in [0.1, 0.15) is 56.6 Å². The van der Waals surface area contributed by atoms with E-state index in [1.807, 2.05) is 42.5 Å². The average molecular weight is 476 g/mol. The lowest BCUT2D eigenvalue weighted by atomic mass is 9.46. The van der Waals surface area contributed by atoms with Crippen molar-refractivity contribution in [3.05, 3.63) is 65.7 Å². The Bertz CT molecular complexity index is 1100. The molecule has 7 heteroatoms. The van der Waals surface area contributed by atoms with E-state index in [9.17, 15) is 14.4 Å². The van der Waals surface area contributed by atoms with E-state index >= 15 is 0 Å². The molecule has 4 aliphatic carbocycles. The van der Waals surface area contributed by atoms with Crippen LogP contribution in [0, 0.1) is 17.3 Å². The Morgan fingerprint density at radius 2 is 1.60 bits per heavy atom. The number of para-hydroxylation sites is 1. The van der Waals surface area contributed by atoms with Crippen LogP contribution in [-0.2, 0) is 20.8 Å². The quantitative estimate of drug-likeness (QED) is 0.536. The van der Waals surface area contributed by atoms with Crippen molar-refractivity contribution >= 4 is 17.7 Å². The monoisotopic (exact) mass is 475 g/mol. The van der Waals surface area contributed by atoms with Crippen molar-refractivity contribution in [2.75, 3.05) is 6.61 Å². The fraction of sp³-hybridized carbons (Fsp3) is 0.464. The van der Waals surface area contributed by atoms with Gasteiger partial charge in [-0.1, -0.05) is 48.5 Å². The summed E-state index contributed by atoms with van der Waals surface area (Å²) in [6.07, 6.45) is 5.99.